The zero-order valence-corrected chi connectivity index (χ0v) is 14.9. The van der Waals surface area contributed by atoms with E-state index in [4.69, 9.17) is 4.74 Å². The molecule has 2 rings (SSSR count). The Labute approximate surface area is 148 Å². The van der Waals surface area contributed by atoms with E-state index in [-0.39, 0.29) is 11.7 Å². The number of hydrogen-bond acceptors (Lipinski definition) is 4. The molecule has 1 aromatic heterocycles. The molecule has 134 valence electrons. The van der Waals surface area contributed by atoms with E-state index in [2.05, 4.69) is 4.98 Å². The second kappa shape index (κ2) is 9.25. The van der Waals surface area contributed by atoms with E-state index < -0.39 is 6.04 Å². The molecule has 0 saturated carbocycles. The maximum absolute atomic E-state index is 13.6. The number of pyridine rings is 1. The van der Waals surface area contributed by atoms with Gasteiger partial charge in [0.15, 0.2) is 0 Å². The fourth-order valence-electron chi connectivity index (χ4n) is 2.69. The van der Waals surface area contributed by atoms with Crippen molar-refractivity contribution in [3.05, 3.63) is 65.7 Å². The Morgan fingerprint density at radius 1 is 1.24 bits per heavy atom. The topological polar surface area (TPSA) is 45.7 Å². The number of likely N-dealkylation sites (N-methyl/N-ethyl adjacent to an activating group) is 1. The van der Waals surface area contributed by atoms with Crippen molar-refractivity contribution in [2.75, 3.05) is 34.4 Å². The number of carbonyl (C=O) groups excluding carboxylic acids is 1. The lowest BCUT2D eigenvalue weighted by Gasteiger charge is -2.31. The highest BCUT2D eigenvalue weighted by molar-refractivity contribution is 5.83. The van der Waals surface area contributed by atoms with Crippen LogP contribution in [0.1, 0.15) is 17.2 Å². The highest BCUT2D eigenvalue weighted by atomic mass is 19.1. The molecule has 0 aliphatic heterocycles. The van der Waals surface area contributed by atoms with Crippen LogP contribution in [-0.4, -0.2) is 55.0 Å². The molecule has 1 unspecified atom stereocenters. The van der Waals surface area contributed by atoms with E-state index in [0.29, 0.717) is 25.3 Å². The van der Waals surface area contributed by atoms with E-state index in [1.807, 2.05) is 26.2 Å². The summed E-state index contributed by atoms with van der Waals surface area (Å²) in [7, 11) is 5.23. The normalized spacial score (nSPS) is 12.2. The fourth-order valence-corrected chi connectivity index (χ4v) is 2.69. The second-order valence-corrected chi connectivity index (χ2v) is 6.03. The first kappa shape index (κ1) is 19.0. The van der Waals surface area contributed by atoms with Gasteiger partial charge >= 0.3 is 0 Å². The molecular weight excluding hydrogens is 321 g/mol. The maximum Gasteiger partial charge on any atom is 0.244 e. The molecule has 0 aliphatic rings. The van der Waals surface area contributed by atoms with Crippen LogP contribution in [0.2, 0.25) is 0 Å². The lowest BCUT2D eigenvalue weighted by atomic mass is 10.0. The van der Waals surface area contributed by atoms with Gasteiger partial charge in [-0.25, -0.2) is 4.39 Å². The van der Waals surface area contributed by atoms with Gasteiger partial charge in [0.1, 0.15) is 11.9 Å². The van der Waals surface area contributed by atoms with Crippen LogP contribution in [0.4, 0.5) is 4.39 Å². The Bertz CT molecular complexity index is 679. The maximum atomic E-state index is 13.6. The van der Waals surface area contributed by atoms with Crippen molar-refractivity contribution in [1.82, 2.24) is 14.8 Å². The molecule has 6 heteroatoms. The number of ether oxygens (including phenoxy) is 1. The third-order valence-corrected chi connectivity index (χ3v) is 3.91. The van der Waals surface area contributed by atoms with Crippen LogP contribution in [-0.2, 0) is 16.1 Å². The number of hydrogen-bond donors (Lipinski definition) is 0. The van der Waals surface area contributed by atoms with Gasteiger partial charge in [0.25, 0.3) is 0 Å². The molecule has 1 amide bonds. The summed E-state index contributed by atoms with van der Waals surface area (Å²) in [4.78, 5) is 20.7. The average molecular weight is 345 g/mol. The number of methoxy groups -OCH3 is 1. The Balaban J connectivity index is 2.27. The van der Waals surface area contributed by atoms with E-state index in [1.54, 1.807) is 41.4 Å². The van der Waals surface area contributed by atoms with Gasteiger partial charge in [0.05, 0.1) is 6.61 Å². The highest BCUT2D eigenvalue weighted by Gasteiger charge is 2.28. The molecule has 0 aliphatic carbocycles. The van der Waals surface area contributed by atoms with Crippen LogP contribution in [0.3, 0.4) is 0 Å². The molecule has 1 heterocycles. The number of nitrogens with zero attached hydrogens (tertiary/aromatic N) is 3. The first-order valence-electron chi connectivity index (χ1n) is 8.11. The van der Waals surface area contributed by atoms with Crippen LogP contribution < -0.4 is 0 Å². The third-order valence-electron chi connectivity index (χ3n) is 3.91. The summed E-state index contributed by atoms with van der Waals surface area (Å²) in [5.41, 5.74) is 1.61. The fraction of sp³-hybridized carbons (Fsp3) is 0.368. The van der Waals surface area contributed by atoms with Gasteiger partial charge in [-0.05, 0) is 49.5 Å². The van der Waals surface area contributed by atoms with Crippen molar-refractivity contribution in [3.8, 4) is 0 Å². The van der Waals surface area contributed by atoms with Crippen LogP contribution in [0.15, 0.2) is 48.8 Å². The summed E-state index contributed by atoms with van der Waals surface area (Å²) in [5.74, 6) is -0.445. The predicted molar refractivity (Wildman–Crippen MR) is 94.4 cm³/mol. The van der Waals surface area contributed by atoms with Crippen molar-refractivity contribution < 1.29 is 13.9 Å². The molecule has 0 spiro atoms. The number of aromatic nitrogens is 1. The Kier molecular flexibility index (Phi) is 7.03. The number of amides is 1. The number of halogens is 1. The van der Waals surface area contributed by atoms with Gasteiger partial charge in [0, 0.05) is 32.6 Å². The van der Waals surface area contributed by atoms with Gasteiger partial charge < -0.3 is 9.64 Å². The van der Waals surface area contributed by atoms with Crippen LogP contribution in [0, 0.1) is 5.82 Å². The molecule has 1 aromatic carbocycles. The van der Waals surface area contributed by atoms with Crippen LogP contribution >= 0.6 is 0 Å². The molecule has 5 nitrogen and oxygen atoms in total. The van der Waals surface area contributed by atoms with E-state index >= 15 is 0 Å². The van der Waals surface area contributed by atoms with Crippen molar-refractivity contribution in [2.24, 2.45) is 0 Å². The van der Waals surface area contributed by atoms with Gasteiger partial charge in [0.2, 0.25) is 5.91 Å². The minimum Gasteiger partial charge on any atom is -0.383 e. The van der Waals surface area contributed by atoms with Gasteiger partial charge in [-0.15, -0.1) is 0 Å². The SMILES string of the molecule is COCCN(Cc1ccncc1)C(=O)C(c1cccc(F)c1)N(C)C. The molecule has 0 radical (unpaired) electrons. The van der Waals surface area contributed by atoms with Gasteiger partial charge in [-0.1, -0.05) is 12.1 Å². The Morgan fingerprint density at radius 3 is 2.56 bits per heavy atom. The minimum absolute atomic E-state index is 0.0931. The smallest absolute Gasteiger partial charge is 0.244 e. The lowest BCUT2D eigenvalue weighted by molar-refractivity contribution is -0.137. The molecule has 0 N–H and O–H groups in total. The number of rotatable bonds is 8. The number of benzene rings is 1. The standard InChI is InChI=1S/C19H24FN3O2/c1-22(2)18(16-5-4-6-17(20)13-16)19(24)23(11-12-25-3)14-15-7-9-21-10-8-15/h4-10,13,18H,11-12,14H2,1-3H3. The average Bonchev–Trinajstić information content (AvgIpc) is 2.59. The quantitative estimate of drug-likeness (QED) is 0.737. The highest BCUT2D eigenvalue weighted by Crippen LogP contribution is 2.22. The lowest BCUT2D eigenvalue weighted by Crippen LogP contribution is -2.41. The Hall–Kier alpha value is -2.31. The largest absolute Gasteiger partial charge is 0.383 e. The van der Waals surface area contributed by atoms with E-state index in [1.165, 1.54) is 12.1 Å². The zero-order chi connectivity index (χ0) is 18.2. The summed E-state index contributed by atoms with van der Waals surface area (Å²) in [6, 6.07) is 9.36. The molecule has 25 heavy (non-hydrogen) atoms. The van der Waals surface area contributed by atoms with Crippen molar-refractivity contribution in [2.45, 2.75) is 12.6 Å². The molecular formula is C19H24FN3O2. The van der Waals surface area contributed by atoms with Crippen molar-refractivity contribution in [1.29, 1.82) is 0 Å². The summed E-state index contributed by atoms with van der Waals surface area (Å²) in [6.45, 7) is 1.34. The van der Waals surface area contributed by atoms with Crippen molar-refractivity contribution in [3.63, 3.8) is 0 Å². The predicted octanol–water partition coefficient (Wildman–Crippen LogP) is 2.50. The summed E-state index contributed by atoms with van der Waals surface area (Å²) < 4.78 is 18.8. The molecule has 0 fully saturated rings. The van der Waals surface area contributed by atoms with Gasteiger partial charge in [-0.2, -0.15) is 0 Å². The molecule has 0 saturated heterocycles. The van der Waals surface area contributed by atoms with Crippen molar-refractivity contribution >= 4 is 5.91 Å². The van der Waals surface area contributed by atoms with Gasteiger partial charge in [-0.3, -0.25) is 14.7 Å². The number of carbonyl (C=O) groups is 1. The molecule has 2 aromatic rings. The first-order chi connectivity index (χ1) is 12.0. The van der Waals surface area contributed by atoms with E-state index in [9.17, 15) is 9.18 Å². The van der Waals surface area contributed by atoms with E-state index in [0.717, 1.165) is 5.56 Å². The third kappa shape index (κ3) is 5.34. The molecule has 0 bridgehead atoms. The molecule has 1 atom stereocenters. The summed E-state index contributed by atoms with van der Waals surface area (Å²) in [6.07, 6.45) is 3.40. The monoisotopic (exact) mass is 345 g/mol. The van der Waals surface area contributed by atoms with Crippen LogP contribution in [0.5, 0.6) is 0 Å². The van der Waals surface area contributed by atoms with Crippen LogP contribution in [0.25, 0.3) is 0 Å². The zero-order valence-electron chi connectivity index (χ0n) is 14.9. The minimum atomic E-state index is -0.561. The second-order valence-electron chi connectivity index (χ2n) is 6.03. The first-order valence-corrected chi connectivity index (χ1v) is 8.11. The Morgan fingerprint density at radius 2 is 1.96 bits per heavy atom. The summed E-state index contributed by atoms with van der Waals surface area (Å²) >= 11 is 0. The summed E-state index contributed by atoms with van der Waals surface area (Å²) in [5, 5.41) is 0.